The summed E-state index contributed by atoms with van der Waals surface area (Å²) in [6.45, 7) is 6.24. The van der Waals surface area contributed by atoms with Gasteiger partial charge in [0.05, 0.1) is 6.61 Å². The van der Waals surface area contributed by atoms with Gasteiger partial charge in [-0.25, -0.2) is 9.78 Å². The van der Waals surface area contributed by atoms with Crippen LogP contribution in [0.15, 0.2) is 4.52 Å². The molecule has 2 rings (SSSR count). The number of hydrogen-bond acceptors (Lipinski definition) is 7. The molecule has 8 heteroatoms. The number of carbonyl (C=O) groups excluding carboxylic acids is 1. The number of nitrogens with zero attached hydrogens (tertiary/aromatic N) is 4. The van der Waals surface area contributed by atoms with Crippen LogP contribution >= 0.6 is 0 Å². The lowest BCUT2D eigenvalue weighted by atomic mass is 10.3. The van der Waals surface area contributed by atoms with Crippen molar-refractivity contribution in [2.24, 2.45) is 0 Å². The second kappa shape index (κ2) is 6.38. The van der Waals surface area contributed by atoms with E-state index in [2.05, 4.69) is 15.1 Å². The fourth-order valence-electron chi connectivity index (χ4n) is 2.04. The summed E-state index contributed by atoms with van der Waals surface area (Å²) >= 11 is 0. The van der Waals surface area contributed by atoms with Gasteiger partial charge in [-0.3, -0.25) is 0 Å². The molecule has 2 N–H and O–H groups in total. The molecule has 8 nitrogen and oxygen atoms in total. The van der Waals surface area contributed by atoms with Crippen molar-refractivity contribution in [1.29, 1.82) is 0 Å². The molecule has 0 saturated heterocycles. The number of nitrogens with two attached hydrogens (primary N) is 1. The quantitative estimate of drug-likeness (QED) is 0.795. The van der Waals surface area contributed by atoms with Crippen LogP contribution in [0.4, 0.5) is 5.82 Å². The first-order valence-corrected chi connectivity index (χ1v) is 6.88. The van der Waals surface area contributed by atoms with E-state index in [1.165, 1.54) is 0 Å². The number of hydrogen-bond donors (Lipinski definition) is 1. The molecule has 2 aromatic heterocycles. The van der Waals surface area contributed by atoms with Crippen LogP contribution in [0.1, 0.15) is 41.9 Å². The molecule has 0 aliphatic carbocycles. The van der Waals surface area contributed by atoms with Crippen LogP contribution in [0.5, 0.6) is 0 Å². The summed E-state index contributed by atoms with van der Waals surface area (Å²) in [5.74, 6) is 1.66. The van der Waals surface area contributed by atoms with Crippen molar-refractivity contribution in [2.45, 2.75) is 40.2 Å². The number of nitrogen functional groups attached to an aromatic ring is 1. The molecule has 0 saturated carbocycles. The third kappa shape index (κ3) is 3.21. The molecule has 0 atom stereocenters. The second-order valence-corrected chi connectivity index (χ2v) is 4.47. The third-order valence-electron chi connectivity index (χ3n) is 3.00. The predicted octanol–water partition coefficient (Wildman–Crippen LogP) is 1.14. The van der Waals surface area contributed by atoms with Crippen molar-refractivity contribution in [3.63, 3.8) is 0 Å². The van der Waals surface area contributed by atoms with E-state index >= 15 is 0 Å². The van der Waals surface area contributed by atoms with Crippen LogP contribution in [0.25, 0.3) is 0 Å². The SMILES string of the molecule is CCOC(=O)c1nc(CC)n(CCc2noc(C)n2)c1N. The van der Waals surface area contributed by atoms with Crippen LogP contribution in [-0.4, -0.2) is 32.3 Å². The van der Waals surface area contributed by atoms with E-state index < -0.39 is 5.97 Å². The second-order valence-electron chi connectivity index (χ2n) is 4.47. The maximum absolute atomic E-state index is 11.8. The molecule has 21 heavy (non-hydrogen) atoms. The highest BCUT2D eigenvalue weighted by atomic mass is 16.5. The minimum atomic E-state index is -0.501. The number of imidazole rings is 1. The Balaban J connectivity index is 2.19. The molecule has 0 radical (unpaired) electrons. The van der Waals surface area contributed by atoms with Gasteiger partial charge in [-0.1, -0.05) is 12.1 Å². The Hall–Kier alpha value is -2.38. The number of carbonyl (C=O) groups is 1. The lowest BCUT2D eigenvalue weighted by Crippen LogP contribution is -2.12. The average molecular weight is 293 g/mol. The summed E-state index contributed by atoms with van der Waals surface area (Å²) in [4.78, 5) is 20.2. The van der Waals surface area contributed by atoms with Gasteiger partial charge < -0.3 is 19.6 Å². The van der Waals surface area contributed by atoms with E-state index in [1.807, 2.05) is 6.92 Å². The van der Waals surface area contributed by atoms with Crippen LogP contribution < -0.4 is 5.73 Å². The molecule has 0 aliphatic rings. The molecule has 0 amide bonds. The molecule has 0 aliphatic heterocycles. The molecule has 2 heterocycles. The summed E-state index contributed by atoms with van der Waals surface area (Å²) < 4.78 is 11.7. The smallest absolute Gasteiger partial charge is 0.360 e. The van der Waals surface area contributed by atoms with Gasteiger partial charge in [0.25, 0.3) is 0 Å². The first-order chi connectivity index (χ1) is 10.1. The Morgan fingerprint density at radius 3 is 2.71 bits per heavy atom. The molecule has 0 fully saturated rings. The van der Waals surface area contributed by atoms with Gasteiger partial charge in [-0.15, -0.1) is 0 Å². The van der Waals surface area contributed by atoms with Gasteiger partial charge in [0, 0.05) is 26.3 Å². The highest BCUT2D eigenvalue weighted by Gasteiger charge is 2.20. The number of aryl methyl sites for hydroxylation is 3. The molecular formula is C13H19N5O3. The van der Waals surface area contributed by atoms with Gasteiger partial charge in [-0.2, -0.15) is 4.98 Å². The van der Waals surface area contributed by atoms with E-state index in [-0.39, 0.29) is 12.3 Å². The summed E-state index contributed by atoms with van der Waals surface area (Å²) in [6, 6.07) is 0. The monoisotopic (exact) mass is 293 g/mol. The lowest BCUT2D eigenvalue weighted by molar-refractivity contribution is 0.0521. The van der Waals surface area contributed by atoms with Gasteiger partial charge >= 0.3 is 5.97 Å². The number of aromatic nitrogens is 4. The van der Waals surface area contributed by atoms with Crippen molar-refractivity contribution in [2.75, 3.05) is 12.3 Å². The third-order valence-corrected chi connectivity index (χ3v) is 3.00. The van der Waals surface area contributed by atoms with Gasteiger partial charge in [0.15, 0.2) is 11.5 Å². The first-order valence-electron chi connectivity index (χ1n) is 6.88. The van der Waals surface area contributed by atoms with Crippen molar-refractivity contribution >= 4 is 11.8 Å². The standard InChI is InChI=1S/C13H19N5O3/c1-4-10-16-11(13(19)20-5-2)12(14)18(10)7-6-9-15-8(3)21-17-9/h4-7,14H2,1-3H3. The van der Waals surface area contributed by atoms with E-state index in [9.17, 15) is 4.79 Å². The normalized spacial score (nSPS) is 10.8. The molecule has 0 spiro atoms. The van der Waals surface area contributed by atoms with E-state index in [4.69, 9.17) is 15.0 Å². The maximum Gasteiger partial charge on any atom is 0.360 e. The Morgan fingerprint density at radius 2 is 2.14 bits per heavy atom. The molecule has 0 unspecified atom stereocenters. The Bertz CT molecular complexity index is 632. The van der Waals surface area contributed by atoms with Crippen LogP contribution in [0.3, 0.4) is 0 Å². The first kappa shape index (κ1) is 15.0. The van der Waals surface area contributed by atoms with E-state index in [0.29, 0.717) is 36.9 Å². The molecule has 114 valence electrons. The number of anilines is 1. The summed E-state index contributed by atoms with van der Waals surface area (Å²) in [7, 11) is 0. The maximum atomic E-state index is 11.8. The van der Waals surface area contributed by atoms with Crippen molar-refractivity contribution in [3.8, 4) is 0 Å². The Morgan fingerprint density at radius 1 is 1.38 bits per heavy atom. The van der Waals surface area contributed by atoms with Crippen molar-refractivity contribution in [3.05, 3.63) is 23.2 Å². The number of rotatable bonds is 6. The Labute approximate surface area is 122 Å². The minimum Gasteiger partial charge on any atom is -0.461 e. The lowest BCUT2D eigenvalue weighted by Gasteiger charge is -2.07. The number of ether oxygens (including phenoxy) is 1. The fourth-order valence-corrected chi connectivity index (χ4v) is 2.04. The fraction of sp³-hybridized carbons (Fsp3) is 0.538. The predicted molar refractivity (Wildman–Crippen MR) is 74.7 cm³/mol. The molecule has 0 aromatic carbocycles. The minimum absolute atomic E-state index is 0.165. The highest BCUT2D eigenvalue weighted by molar-refractivity contribution is 5.92. The van der Waals surface area contributed by atoms with E-state index in [0.717, 1.165) is 5.82 Å². The summed E-state index contributed by atoms with van der Waals surface area (Å²) in [5.41, 5.74) is 6.18. The summed E-state index contributed by atoms with van der Waals surface area (Å²) in [6.07, 6.45) is 1.21. The van der Waals surface area contributed by atoms with Crippen molar-refractivity contribution < 1.29 is 14.1 Å². The molecular weight excluding hydrogens is 274 g/mol. The molecule has 0 bridgehead atoms. The van der Waals surface area contributed by atoms with Gasteiger partial charge in [0.2, 0.25) is 5.89 Å². The zero-order valence-corrected chi connectivity index (χ0v) is 12.4. The zero-order valence-electron chi connectivity index (χ0n) is 12.4. The largest absolute Gasteiger partial charge is 0.461 e. The topological polar surface area (TPSA) is 109 Å². The van der Waals surface area contributed by atoms with Crippen LogP contribution in [0, 0.1) is 6.92 Å². The number of esters is 1. The van der Waals surface area contributed by atoms with Crippen molar-refractivity contribution in [1.82, 2.24) is 19.7 Å². The van der Waals surface area contributed by atoms with Gasteiger partial charge in [-0.05, 0) is 6.92 Å². The van der Waals surface area contributed by atoms with Crippen LogP contribution in [0.2, 0.25) is 0 Å². The average Bonchev–Trinajstić information content (AvgIpc) is 3.00. The zero-order chi connectivity index (χ0) is 15.4. The highest BCUT2D eigenvalue weighted by Crippen LogP contribution is 2.17. The Kier molecular flexibility index (Phi) is 4.56. The van der Waals surface area contributed by atoms with Gasteiger partial charge in [0.1, 0.15) is 11.6 Å². The van der Waals surface area contributed by atoms with Crippen LogP contribution in [-0.2, 0) is 24.1 Å². The van der Waals surface area contributed by atoms with E-state index in [1.54, 1.807) is 18.4 Å². The summed E-state index contributed by atoms with van der Waals surface area (Å²) in [5, 5.41) is 3.84. The molecule has 2 aromatic rings.